The summed E-state index contributed by atoms with van der Waals surface area (Å²) in [6.45, 7) is 2.00. The molecule has 0 aliphatic carbocycles. The molecule has 2 aromatic rings. The topological polar surface area (TPSA) is 61.0 Å². The zero-order valence-corrected chi connectivity index (χ0v) is 11.0. The second kappa shape index (κ2) is 6.27. The summed E-state index contributed by atoms with van der Waals surface area (Å²) in [5.74, 6) is -1.26. The van der Waals surface area contributed by atoms with Gasteiger partial charge < -0.3 is 10.5 Å². The first kappa shape index (κ1) is 14.2. The van der Waals surface area contributed by atoms with Gasteiger partial charge in [0.15, 0.2) is 11.6 Å². The van der Waals surface area contributed by atoms with Gasteiger partial charge in [0.25, 0.3) is 0 Å². The number of benzene rings is 1. The van der Waals surface area contributed by atoms with Crippen molar-refractivity contribution < 1.29 is 13.5 Å². The van der Waals surface area contributed by atoms with E-state index < -0.39 is 5.82 Å². The van der Waals surface area contributed by atoms with Crippen LogP contribution in [0.4, 0.5) is 14.6 Å². The molecule has 0 spiro atoms. The molecule has 106 valence electrons. The molecule has 0 saturated carbocycles. The molecule has 1 unspecified atom stereocenters. The van der Waals surface area contributed by atoms with Crippen molar-refractivity contribution in [2.24, 2.45) is 0 Å². The average molecular weight is 279 g/mol. The molecule has 0 fully saturated rings. The van der Waals surface area contributed by atoms with E-state index >= 15 is 0 Å². The Morgan fingerprint density at radius 2 is 1.95 bits per heavy atom. The van der Waals surface area contributed by atoms with Crippen molar-refractivity contribution in [2.45, 2.75) is 25.9 Å². The first-order chi connectivity index (χ1) is 9.60. The molecule has 1 aromatic heterocycles. The average Bonchev–Trinajstić information content (AvgIpc) is 2.43. The van der Waals surface area contributed by atoms with E-state index in [0.717, 1.165) is 18.2 Å². The largest absolute Gasteiger partial charge is 0.455 e. The number of halogens is 2. The van der Waals surface area contributed by atoms with Crippen LogP contribution in [-0.4, -0.2) is 9.97 Å². The summed E-state index contributed by atoms with van der Waals surface area (Å²) < 4.78 is 31.6. The summed E-state index contributed by atoms with van der Waals surface area (Å²) in [4.78, 5) is 7.48. The lowest BCUT2D eigenvalue weighted by Gasteiger charge is -2.17. The van der Waals surface area contributed by atoms with Crippen LogP contribution >= 0.6 is 0 Å². The summed E-state index contributed by atoms with van der Waals surface area (Å²) in [5, 5.41) is 0. The van der Waals surface area contributed by atoms with E-state index in [2.05, 4.69) is 9.97 Å². The normalized spacial score (nSPS) is 12.2. The van der Waals surface area contributed by atoms with Gasteiger partial charge in [-0.3, -0.25) is 0 Å². The lowest BCUT2D eigenvalue weighted by molar-refractivity contribution is 0.176. The molecule has 20 heavy (non-hydrogen) atoms. The molecule has 0 radical (unpaired) electrons. The molecule has 0 saturated heterocycles. The van der Waals surface area contributed by atoms with Crippen molar-refractivity contribution in [1.29, 1.82) is 0 Å². The predicted octanol–water partition coefficient (Wildman–Crippen LogP) is 3.26. The SMILES string of the molecule is CCCC(Oc1ncc(F)c(N)n1)c1ccc(F)cc1. The van der Waals surface area contributed by atoms with Gasteiger partial charge in [0.05, 0.1) is 6.20 Å². The van der Waals surface area contributed by atoms with E-state index in [1.807, 2.05) is 6.92 Å². The van der Waals surface area contributed by atoms with Crippen LogP contribution in [-0.2, 0) is 0 Å². The van der Waals surface area contributed by atoms with Crippen molar-refractivity contribution in [3.63, 3.8) is 0 Å². The van der Waals surface area contributed by atoms with Crippen LogP contribution in [0.5, 0.6) is 6.01 Å². The quantitative estimate of drug-likeness (QED) is 0.912. The molecule has 4 nitrogen and oxygen atoms in total. The number of anilines is 1. The zero-order chi connectivity index (χ0) is 14.5. The molecule has 2 N–H and O–H groups in total. The summed E-state index contributed by atoms with van der Waals surface area (Å²) in [5.41, 5.74) is 6.18. The Morgan fingerprint density at radius 1 is 1.25 bits per heavy atom. The molecular weight excluding hydrogens is 264 g/mol. The van der Waals surface area contributed by atoms with Crippen LogP contribution in [0.25, 0.3) is 0 Å². The molecule has 1 aromatic carbocycles. The van der Waals surface area contributed by atoms with Crippen LogP contribution in [0.1, 0.15) is 31.4 Å². The van der Waals surface area contributed by atoms with Gasteiger partial charge in [0, 0.05) is 0 Å². The smallest absolute Gasteiger partial charge is 0.319 e. The molecule has 0 aliphatic heterocycles. The molecule has 1 atom stereocenters. The minimum atomic E-state index is -0.689. The predicted molar refractivity (Wildman–Crippen MR) is 71.1 cm³/mol. The maximum atomic E-state index is 13.0. The highest BCUT2D eigenvalue weighted by Crippen LogP contribution is 2.24. The fourth-order valence-corrected chi connectivity index (χ4v) is 1.78. The number of hydrogen-bond donors (Lipinski definition) is 1. The highest BCUT2D eigenvalue weighted by Gasteiger charge is 2.15. The summed E-state index contributed by atoms with van der Waals surface area (Å²) in [7, 11) is 0. The van der Waals surface area contributed by atoms with Gasteiger partial charge in [0.1, 0.15) is 11.9 Å². The van der Waals surface area contributed by atoms with Crippen LogP contribution in [0.2, 0.25) is 0 Å². The number of nitrogens with zero attached hydrogens (tertiary/aromatic N) is 2. The molecule has 2 rings (SSSR count). The van der Waals surface area contributed by atoms with Gasteiger partial charge in [-0.2, -0.15) is 4.98 Å². The van der Waals surface area contributed by atoms with Crippen LogP contribution in [0.3, 0.4) is 0 Å². The second-order valence-corrected chi connectivity index (χ2v) is 4.33. The monoisotopic (exact) mass is 279 g/mol. The summed E-state index contributed by atoms with van der Waals surface area (Å²) in [6, 6.07) is 6.01. The standard InChI is InChI=1S/C14H15F2N3O/c1-2-3-12(9-4-6-10(15)7-5-9)20-14-18-8-11(16)13(17)19-14/h4-8,12H,2-3H2,1H3,(H2,17,18,19). The summed E-state index contributed by atoms with van der Waals surface area (Å²) in [6.07, 6.45) is 2.20. The van der Waals surface area contributed by atoms with Crippen LogP contribution < -0.4 is 10.5 Å². The van der Waals surface area contributed by atoms with E-state index in [1.165, 1.54) is 12.1 Å². The Labute approximate surface area is 115 Å². The van der Waals surface area contributed by atoms with Crippen molar-refractivity contribution in [3.8, 4) is 6.01 Å². The number of nitrogens with two attached hydrogens (primary N) is 1. The van der Waals surface area contributed by atoms with Crippen molar-refractivity contribution in [1.82, 2.24) is 9.97 Å². The van der Waals surface area contributed by atoms with E-state index in [-0.39, 0.29) is 23.7 Å². The van der Waals surface area contributed by atoms with Crippen LogP contribution in [0, 0.1) is 11.6 Å². The lowest BCUT2D eigenvalue weighted by atomic mass is 10.1. The number of aromatic nitrogens is 2. The van der Waals surface area contributed by atoms with E-state index in [4.69, 9.17) is 10.5 Å². The van der Waals surface area contributed by atoms with Gasteiger partial charge in [-0.05, 0) is 24.1 Å². The minimum absolute atomic E-state index is 0.00618. The number of rotatable bonds is 5. The highest BCUT2D eigenvalue weighted by atomic mass is 19.1. The Kier molecular flexibility index (Phi) is 4.45. The fraction of sp³-hybridized carbons (Fsp3) is 0.286. The number of ether oxygens (including phenoxy) is 1. The first-order valence-electron chi connectivity index (χ1n) is 6.30. The van der Waals surface area contributed by atoms with Gasteiger partial charge in [0.2, 0.25) is 0 Å². The van der Waals surface area contributed by atoms with E-state index in [0.29, 0.717) is 6.42 Å². The molecule has 1 heterocycles. The fourth-order valence-electron chi connectivity index (χ4n) is 1.78. The van der Waals surface area contributed by atoms with Gasteiger partial charge in [-0.15, -0.1) is 0 Å². The number of nitrogen functional groups attached to an aromatic ring is 1. The highest BCUT2D eigenvalue weighted by molar-refractivity contribution is 5.29. The summed E-state index contributed by atoms with van der Waals surface area (Å²) >= 11 is 0. The third-order valence-corrected chi connectivity index (χ3v) is 2.79. The maximum absolute atomic E-state index is 13.0. The Hall–Kier alpha value is -2.24. The Balaban J connectivity index is 2.20. The first-order valence-corrected chi connectivity index (χ1v) is 6.30. The molecule has 6 heteroatoms. The second-order valence-electron chi connectivity index (χ2n) is 4.33. The molecular formula is C14H15F2N3O. The van der Waals surface area contributed by atoms with E-state index in [1.54, 1.807) is 12.1 Å². The Bertz CT molecular complexity index is 575. The Morgan fingerprint density at radius 3 is 2.55 bits per heavy atom. The molecule has 0 aliphatic rings. The van der Waals surface area contributed by atoms with E-state index in [9.17, 15) is 8.78 Å². The van der Waals surface area contributed by atoms with Crippen LogP contribution in [0.15, 0.2) is 30.5 Å². The van der Waals surface area contributed by atoms with Gasteiger partial charge in [-0.1, -0.05) is 25.5 Å². The van der Waals surface area contributed by atoms with Crippen molar-refractivity contribution in [2.75, 3.05) is 5.73 Å². The minimum Gasteiger partial charge on any atom is -0.455 e. The van der Waals surface area contributed by atoms with Gasteiger partial charge in [-0.25, -0.2) is 13.8 Å². The van der Waals surface area contributed by atoms with Crippen molar-refractivity contribution >= 4 is 5.82 Å². The van der Waals surface area contributed by atoms with Crippen molar-refractivity contribution in [3.05, 3.63) is 47.7 Å². The maximum Gasteiger partial charge on any atom is 0.319 e. The lowest BCUT2D eigenvalue weighted by Crippen LogP contribution is -2.10. The zero-order valence-electron chi connectivity index (χ0n) is 11.0. The number of hydrogen-bond acceptors (Lipinski definition) is 4. The third-order valence-electron chi connectivity index (χ3n) is 2.79. The molecule has 0 bridgehead atoms. The van der Waals surface area contributed by atoms with Gasteiger partial charge >= 0.3 is 6.01 Å². The third kappa shape index (κ3) is 3.40. The molecule has 0 amide bonds.